The van der Waals surface area contributed by atoms with Gasteiger partial charge in [-0.3, -0.25) is 9.59 Å². The Morgan fingerprint density at radius 3 is 2.35 bits per heavy atom. The van der Waals surface area contributed by atoms with Crippen LogP contribution in [0.25, 0.3) is 0 Å². The Morgan fingerprint density at radius 2 is 1.74 bits per heavy atom. The summed E-state index contributed by atoms with van der Waals surface area (Å²) in [4.78, 5) is 26.3. The Labute approximate surface area is 138 Å². The van der Waals surface area contributed by atoms with E-state index in [2.05, 4.69) is 24.4 Å². The summed E-state index contributed by atoms with van der Waals surface area (Å²) in [5, 5.41) is 3.09. The van der Waals surface area contributed by atoms with E-state index in [1.165, 1.54) is 5.56 Å². The summed E-state index contributed by atoms with van der Waals surface area (Å²) in [6, 6.07) is 10.3. The van der Waals surface area contributed by atoms with Crippen molar-refractivity contribution in [1.29, 1.82) is 0 Å². The molecule has 1 aromatic rings. The lowest BCUT2D eigenvalue weighted by Gasteiger charge is -2.31. The van der Waals surface area contributed by atoms with E-state index in [1.807, 2.05) is 23.1 Å². The summed E-state index contributed by atoms with van der Waals surface area (Å²) in [6.45, 7) is 4.28. The van der Waals surface area contributed by atoms with Crippen LogP contribution in [-0.4, -0.2) is 36.3 Å². The average Bonchev–Trinajstić information content (AvgIpc) is 3.44. The van der Waals surface area contributed by atoms with Gasteiger partial charge in [-0.15, -0.1) is 0 Å². The second-order valence-corrected chi connectivity index (χ2v) is 6.93. The molecule has 1 saturated carbocycles. The second-order valence-electron chi connectivity index (χ2n) is 6.93. The molecular weight excluding hydrogens is 288 g/mol. The zero-order chi connectivity index (χ0) is 16.2. The fraction of sp³-hybridized carbons (Fsp3) is 0.579. The first-order valence-electron chi connectivity index (χ1n) is 8.76. The summed E-state index contributed by atoms with van der Waals surface area (Å²) >= 11 is 0. The standard InChI is InChI=1S/C19H26N2O2/c1-14(15-5-3-2-4-6-15)13-20-18(22)16-9-11-21(12-10-16)19(23)17-7-8-17/h2-6,14,16-17H,7-13H2,1H3,(H,20,22). The summed E-state index contributed by atoms with van der Waals surface area (Å²) in [5.41, 5.74) is 1.25. The van der Waals surface area contributed by atoms with Crippen LogP contribution in [0.1, 0.15) is 44.1 Å². The molecule has 1 saturated heterocycles. The number of nitrogens with zero attached hydrogens (tertiary/aromatic N) is 1. The maximum absolute atomic E-state index is 12.3. The maximum atomic E-state index is 12.3. The molecule has 1 aliphatic carbocycles. The Kier molecular flexibility index (Phi) is 4.99. The molecule has 1 N–H and O–H groups in total. The molecule has 1 unspecified atom stereocenters. The van der Waals surface area contributed by atoms with Crippen LogP contribution < -0.4 is 5.32 Å². The van der Waals surface area contributed by atoms with Crippen LogP contribution in [0.15, 0.2) is 30.3 Å². The lowest BCUT2D eigenvalue weighted by atomic mass is 9.95. The van der Waals surface area contributed by atoms with Crippen LogP contribution in [0, 0.1) is 11.8 Å². The average molecular weight is 314 g/mol. The molecule has 2 fully saturated rings. The number of likely N-dealkylation sites (tertiary alicyclic amines) is 1. The third-order valence-corrected chi connectivity index (χ3v) is 5.06. The Morgan fingerprint density at radius 1 is 1.09 bits per heavy atom. The number of carbonyl (C=O) groups excluding carboxylic acids is 2. The van der Waals surface area contributed by atoms with Crippen molar-refractivity contribution in [2.75, 3.05) is 19.6 Å². The van der Waals surface area contributed by atoms with Crippen LogP contribution in [0.3, 0.4) is 0 Å². The topological polar surface area (TPSA) is 49.4 Å². The van der Waals surface area contributed by atoms with E-state index in [-0.39, 0.29) is 17.7 Å². The first kappa shape index (κ1) is 16.0. The van der Waals surface area contributed by atoms with Gasteiger partial charge >= 0.3 is 0 Å². The smallest absolute Gasteiger partial charge is 0.225 e. The summed E-state index contributed by atoms with van der Waals surface area (Å²) in [6.07, 6.45) is 3.70. The number of carbonyl (C=O) groups is 2. The van der Waals surface area contributed by atoms with Gasteiger partial charge in [0.2, 0.25) is 11.8 Å². The number of amides is 2. The van der Waals surface area contributed by atoms with Crippen molar-refractivity contribution in [3.05, 3.63) is 35.9 Å². The van der Waals surface area contributed by atoms with Gasteiger partial charge in [-0.2, -0.15) is 0 Å². The fourth-order valence-electron chi connectivity index (χ4n) is 3.25. The lowest BCUT2D eigenvalue weighted by Crippen LogP contribution is -2.44. The highest BCUT2D eigenvalue weighted by molar-refractivity contribution is 5.82. The number of hydrogen-bond acceptors (Lipinski definition) is 2. The van der Waals surface area contributed by atoms with Gasteiger partial charge in [0.05, 0.1) is 0 Å². The zero-order valence-corrected chi connectivity index (χ0v) is 13.8. The predicted octanol–water partition coefficient (Wildman–Crippen LogP) is 2.55. The molecule has 1 atom stereocenters. The molecular formula is C19H26N2O2. The van der Waals surface area contributed by atoms with Gasteiger partial charge in [-0.05, 0) is 37.2 Å². The molecule has 124 valence electrons. The number of nitrogens with one attached hydrogen (secondary N) is 1. The molecule has 4 heteroatoms. The summed E-state index contributed by atoms with van der Waals surface area (Å²) in [5.74, 6) is 1.11. The summed E-state index contributed by atoms with van der Waals surface area (Å²) < 4.78 is 0. The highest BCUT2D eigenvalue weighted by Gasteiger charge is 2.35. The lowest BCUT2D eigenvalue weighted by molar-refractivity contribution is -0.136. The van der Waals surface area contributed by atoms with E-state index in [0.717, 1.165) is 38.8 Å². The molecule has 0 radical (unpaired) electrons. The molecule has 1 aromatic carbocycles. The maximum Gasteiger partial charge on any atom is 0.225 e. The molecule has 23 heavy (non-hydrogen) atoms. The number of hydrogen-bond donors (Lipinski definition) is 1. The van der Waals surface area contributed by atoms with Crippen LogP contribution in [0.5, 0.6) is 0 Å². The van der Waals surface area contributed by atoms with E-state index in [4.69, 9.17) is 0 Å². The minimum atomic E-state index is 0.0567. The number of piperidine rings is 1. The van der Waals surface area contributed by atoms with Crippen molar-refractivity contribution in [1.82, 2.24) is 10.2 Å². The Hall–Kier alpha value is -1.84. The SMILES string of the molecule is CC(CNC(=O)C1CCN(C(=O)C2CC2)CC1)c1ccccc1. The third-order valence-electron chi connectivity index (χ3n) is 5.06. The van der Waals surface area contributed by atoms with E-state index in [1.54, 1.807) is 0 Å². The second kappa shape index (κ2) is 7.16. The minimum Gasteiger partial charge on any atom is -0.355 e. The van der Waals surface area contributed by atoms with E-state index in [9.17, 15) is 9.59 Å². The Balaban J connectivity index is 1.42. The number of rotatable bonds is 5. The van der Waals surface area contributed by atoms with Crippen molar-refractivity contribution >= 4 is 11.8 Å². The van der Waals surface area contributed by atoms with Crippen molar-refractivity contribution in [2.45, 2.75) is 38.5 Å². The molecule has 2 amide bonds. The minimum absolute atomic E-state index is 0.0567. The van der Waals surface area contributed by atoms with Crippen molar-refractivity contribution in [3.8, 4) is 0 Å². The molecule has 1 aliphatic heterocycles. The third kappa shape index (κ3) is 4.12. The molecule has 4 nitrogen and oxygen atoms in total. The van der Waals surface area contributed by atoms with Crippen molar-refractivity contribution < 1.29 is 9.59 Å². The van der Waals surface area contributed by atoms with E-state index in [0.29, 0.717) is 18.4 Å². The first-order valence-corrected chi connectivity index (χ1v) is 8.76. The monoisotopic (exact) mass is 314 g/mol. The molecule has 1 heterocycles. The van der Waals surface area contributed by atoms with Crippen LogP contribution in [0.2, 0.25) is 0 Å². The van der Waals surface area contributed by atoms with E-state index < -0.39 is 0 Å². The normalized spacial score (nSPS) is 20.1. The van der Waals surface area contributed by atoms with Crippen LogP contribution in [0.4, 0.5) is 0 Å². The van der Waals surface area contributed by atoms with Gasteiger partial charge in [0.15, 0.2) is 0 Å². The largest absolute Gasteiger partial charge is 0.355 e. The van der Waals surface area contributed by atoms with E-state index >= 15 is 0 Å². The highest BCUT2D eigenvalue weighted by Crippen LogP contribution is 2.32. The molecule has 0 aromatic heterocycles. The van der Waals surface area contributed by atoms with Gasteiger partial charge in [-0.25, -0.2) is 0 Å². The van der Waals surface area contributed by atoms with Crippen LogP contribution >= 0.6 is 0 Å². The van der Waals surface area contributed by atoms with Gasteiger partial charge < -0.3 is 10.2 Å². The Bertz CT molecular complexity index is 546. The summed E-state index contributed by atoms with van der Waals surface area (Å²) in [7, 11) is 0. The predicted molar refractivity (Wildman–Crippen MR) is 89.9 cm³/mol. The molecule has 0 spiro atoms. The molecule has 2 aliphatic rings. The molecule has 3 rings (SSSR count). The van der Waals surface area contributed by atoms with Gasteiger partial charge in [0.25, 0.3) is 0 Å². The van der Waals surface area contributed by atoms with Gasteiger partial charge in [0.1, 0.15) is 0 Å². The first-order chi connectivity index (χ1) is 11.1. The molecule has 0 bridgehead atoms. The van der Waals surface area contributed by atoms with Crippen LogP contribution in [-0.2, 0) is 9.59 Å². The van der Waals surface area contributed by atoms with Gasteiger partial charge in [0, 0.05) is 31.5 Å². The quantitative estimate of drug-likeness (QED) is 0.908. The fourth-order valence-corrected chi connectivity index (χ4v) is 3.25. The number of benzene rings is 1. The zero-order valence-electron chi connectivity index (χ0n) is 13.8. The van der Waals surface area contributed by atoms with Gasteiger partial charge in [-0.1, -0.05) is 37.3 Å². The van der Waals surface area contributed by atoms with Crippen molar-refractivity contribution in [2.24, 2.45) is 11.8 Å². The van der Waals surface area contributed by atoms with Crippen molar-refractivity contribution in [3.63, 3.8) is 0 Å². The highest BCUT2D eigenvalue weighted by atomic mass is 16.2.